The highest BCUT2D eigenvalue weighted by molar-refractivity contribution is 5.56. The fourth-order valence-corrected chi connectivity index (χ4v) is 3.04. The molecule has 0 spiro atoms. The summed E-state index contributed by atoms with van der Waals surface area (Å²) in [6.45, 7) is 1.24. The molecule has 10 heteroatoms. The molecule has 0 radical (unpaired) electrons. The number of benzene rings is 2. The van der Waals surface area contributed by atoms with Gasteiger partial charge in [-0.2, -0.15) is 18.4 Å². The molecule has 152 valence electrons. The van der Waals surface area contributed by atoms with Crippen LogP contribution in [0.25, 0.3) is 0 Å². The molecule has 3 rings (SSSR count). The second kappa shape index (κ2) is 7.97. The van der Waals surface area contributed by atoms with E-state index in [0.717, 1.165) is 4.90 Å². The molecule has 0 bridgehead atoms. The minimum Gasteiger partial charge on any atom is -0.491 e. The molecule has 1 heterocycles. The maximum Gasteiger partial charge on any atom is 0.433 e. The molecule has 1 aliphatic heterocycles. The van der Waals surface area contributed by atoms with Crippen LogP contribution in [-0.4, -0.2) is 36.6 Å². The summed E-state index contributed by atoms with van der Waals surface area (Å²) in [5, 5.41) is 19.7. The van der Waals surface area contributed by atoms with E-state index in [4.69, 9.17) is 14.7 Å². The molecule has 1 saturated heterocycles. The lowest BCUT2D eigenvalue weighted by molar-refractivity contribution is -0.385. The monoisotopic (exact) mass is 407 g/mol. The molecule has 0 saturated carbocycles. The highest BCUT2D eigenvalue weighted by atomic mass is 19.4. The van der Waals surface area contributed by atoms with E-state index in [0.29, 0.717) is 11.3 Å². The maximum atomic E-state index is 13.5. The number of anilines is 1. The summed E-state index contributed by atoms with van der Waals surface area (Å²) in [6, 6.07) is 11.9. The Bertz CT molecular complexity index is 941. The number of ether oxygens (including phenoxy) is 2. The normalized spacial score (nSPS) is 19.1. The molecule has 29 heavy (non-hydrogen) atoms. The van der Waals surface area contributed by atoms with Crippen LogP contribution in [0.2, 0.25) is 0 Å². The summed E-state index contributed by atoms with van der Waals surface area (Å²) in [5.74, 6) is 0.404. The standard InChI is InChI=1S/C19H16F3N3O4/c1-12-8-14(4-7-17(12)25(26)27)24-10-16(29-18(24)19(20,21)22)11-28-15-5-2-13(9-23)3-6-15/h2-8,16,18H,10-11H2,1H3. The molecule has 0 aromatic heterocycles. The molecule has 0 aliphatic carbocycles. The summed E-state index contributed by atoms with van der Waals surface area (Å²) >= 11 is 0. The number of halogens is 3. The minimum atomic E-state index is -4.65. The molecule has 1 fully saturated rings. The third-order valence-corrected chi connectivity index (χ3v) is 4.41. The van der Waals surface area contributed by atoms with E-state index in [9.17, 15) is 23.3 Å². The van der Waals surface area contributed by atoms with Gasteiger partial charge in [0.1, 0.15) is 18.5 Å². The Balaban J connectivity index is 1.75. The van der Waals surface area contributed by atoms with Crippen molar-refractivity contribution in [2.24, 2.45) is 0 Å². The predicted molar refractivity (Wildman–Crippen MR) is 96.5 cm³/mol. The number of nitrogens with zero attached hydrogens (tertiary/aromatic N) is 3. The van der Waals surface area contributed by atoms with Crippen molar-refractivity contribution in [2.45, 2.75) is 25.4 Å². The number of nitro groups is 1. The Morgan fingerprint density at radius 3 is 2.55 bits per heavy atom. The quantitative estimate of drug-likeness (QED) is 0.551. The lowest BCUT2D eigenvalue weighted by Crippen LogP contribution is -2.42. The summed E-state index contributed by atoms with van der Waals surface area (Å²) in [5.41, 5.74) is 0.700. The van der Waals surface area contributed by atoms with Crippen molar-refractivity contribution in [2.75, 3.05) is 18.1 Å². The van der Waals surface area contributed by atoms with Crippen LogP contribution >= 0.6 is 0 Å². The predicted octanol–water partition coefficient (Wildman–Crippen LogP) is 3.95. The summed E-state index contributed by atoms with van der Waals surface area (Å²) in [4.78, 5) is 11.4. The fourth-order valence-electron chi connectivity index (χ4n) is 3.04. The van der Waals surface area contributed by atoms with Gasteiger partial charge in [0.15, 0.2) is 0 Å². The fraction of sp³-hybridized carbons (Fsp3) is 0.316. The Kier molecular flexibility index (Phi) is 5.61. The zero-order chi connectivity index (χ0) is 21.2. The lowest BCUT2D eigenvalue weighted by atomic mass is 10.1. The van der Waals surface area contributed by atoms with Crippen molar-refractivity contribution in [1.82, 2.24) is 0 Å². The van der Waals surface area contributed by atoms with Crippen molar-refractivity contribution in [3.63, 3.8) is 0 Å². The first kappa shape index (κ1) is 20.4. The first-order valence-electron chi connectivity index (χ1n) is 8.56. The van der Waals surface area contributed by atoms with Crippen LogP contribution in [0.4, 0.5) is 24.5 Å². The summed E-state index contributed by atoms with van der Waals surface area (Å²) in [7, 11) is 0. The van der Waals surface area contributed by atoms with E-state index in [1.807, 2.05) is 6.07 Å². The number of rotatable bonds is 5. The highest BCUT2D eigenvalue weighted by Gasteiger charge is 2.51. The largest absolute Gasteiger partial charge is 0.491 e. The first-order chi connectivity index (χ1) is 13.7. The third-order valence-electron chi connectivity index (χ3n) is 4.41. The van der Waals surface area contributed by atoms with Gasteiger partial charge in [0.25, 0.3) is 5.69 Å². The van der Waals surface area contributed by atoms with Crippen LogP contribution in [0.15, 0.2) is 42.5 Å². The van der Waals surface area contributed by atoms with Crippen molar-refractivity contribution < 1.29 is 27.6 Å². The van der Waals surface area contributed by atoms with Gasteiger partial charge in [-0.1, -0.05) is 0 Å². The van der Waals surface area contributed by atoms with Crippen LogP contribution in [0.1, 0.15) is 11.1 Å². The van der Waals surface area contributed by atoms with E-state index in [1.165, 1.54) is 37.3 Å². The smallest absolute Gasteiger partial charge is 0.433 e. The van der Waals surface area contributed by atoms with Gasteiger partial charge in [-0.25, -0.2) is 0 Å². The molecular weight excluding hydrogens is 391 g/mol. The van der Waals surface area contributed by atoms with Gasteiger partial charge in [-0.05, 0) is 43.3 Å². The number of nitriles is 1. The molecule has 2 unspecified atom stereocenters. The number of alkyl halides is 3. The average Bonchev–Trinajstić information content (AvgIpc) is 3.11. The van der Waals surface area contributed by atoms with Gasteiger partial charge in [0, 0.05) is 17.3 Å². The zero-order valence-corrected chi connectivity index (χ0v) is 15.2. The molecule has 7 nitrogen and oxygen atoms in total. The van der Waals surface area contributed by atoms with Crippen molar-refractivity contribution >= 4 is 11.4 Å². The molecule has 0 N–H and O–H groups in total. The summed E-state index contributed by atoms with van der Waals surface area (Å²) < 4.78 is 51.1. The van der Waals surface area contributed by atoms with Crippen molar-refractivity contribution in [3.05, 3.63) is 63.7 Å². The molecule has 2 aromatic carbocycles. The number of nitro benzene ring substituents is 1. The van der Waals surface area contributed by atoms with Crippen molar-refractivity contribution in [1.29, 1.82) is 5.26 Å². The molecule has 0 amide bonds. The van der Waals surface area contributed by atoms with Crippen LogP contribution < -0.4 is 9.64 Å². The van der Waals surface area contributed by atoms with Gasteiger partial charge in [-0.3, -0.25) is 10.1 Å². The first-order valence-corrected chi connectivity index (χ1v) is 8.56. The van der Waals surface area contributed by atoms with Gasteiger partial charge >= 0.3 is 6.18 Å². The Morgan fingerprint density at radius 2 is 2.00 bits per heavy atom. The Hall–Kier alpha value is -3.32. The van der Waals surface area contributed by atoms with Crippen LogP contribution in [-0.2, 0) is 4.74 Å². The molecule has 2 aromatic rings. The van der Waals surface area contributed by atoms with Crippen LogP contribution in [0.5, 0.6) is 5.75 Å². The number of hydrogen-bond acceptors (Lipinski definition) is 6. The van der Waals surface area contributed by atoms with E-state index >= 15 is 0 Å². The van der Waals surface area contributed by atoms with Crippen LogP contribution in [0, 0.1) is 28.4 Å². The van der Waals surface area contributed by atoms with E-state index in [2.05, 4.69) is 0 Å². The van der Waals surface area contributed by atoms with E-state index in [1.54, 1.807) is 12.1 Å². The Morgan fingerprint density at radius 1 is 1.31 bits per heavy atom. The van der Waals surface area contributed by atoms with Gasteiger partial charge in [0.2, 0.25) is 6.23 Å². The number of hydrogen-bond donors (Lipinski definition) is 0. The zero-order valence-electron chi connectivity index (χ0n) is 15.2. The van der Waals surface area contributed by atoms with Gasteiger partial charge < -0.3 is 14.4 Å². The topological polar surface area (TPSA) is 88.6 Å². The minimum absolute atomic E-state index is 0.0995. The second-order valence-electron chi connectivity index (χ2n) is 6.48. The van der Waals surface area contributed by atoms with E-state index < -0.39 is 23.4 Å². The maximum absolute atomic E-state index is 13.5. The number of aryl methyl sites for hydroxylation is 1. The SMILES string of the molecule is Cc1cc(N2CC(COc3ccc(C#N)cc3)OC2C(F)(F)F)ccc1[N+](=O)[O-]. The lowest BCUT2D eigenvalue weighted by Gasteiger charge is -2.26. The van der Waals surface area contributed by atoms with Gasteiger partial charge in [-0.15, -0.1) is 0 Å². The molecule has 1 aliphatic rings. The molecular formula is C19H16F3N3O4. The van der Waals surface area contributed by atoms with Crippen LogP contribution in [0.3, 0.4) is 0 Å². The average molecular weight is 407 g/mol. The van der Waals surface area contributed by atoms with Crippen molar-refractivity contribution in [3.8, 4) is 11.8 Å². The second-order valence-corrected chi connectivity index (χ2v) is 6.48. The van der Waals surface area contributed by atoms with Gasteiger partial charge in [0.05, 0.1) is 23.1 Å². The Labute approximate surface area is 164 Å². The van der Waals surface area contributed by atoms with E-state index in [-0.39, 0.29) is 30.1 Å². The summed E-state index contributed by atoms with van der Waals surface area (Å²) in [6.07, 6.45) is -7.70. The highest BCUT2D eigenvalue weighted by Crippen LogP contribution is 2.36. The third kappa shape index (κ3) is 4.57. The molecule has 2 atom stereocenters.